The van der Waals surface area contributed by atoms with Gasteiger partial charge in [-0.25, -0.2) is 4.79 Å². The average Bonchev–Trinajstić information content (AvgIpc) is 1.87. The van der Waals surface area contributed by atoms with Gasteiger partial charge in [0.2, 0.25) is 0 Å². The first-order chi connectivity index (χ1) is 4.59. The fourth-order valence-electron chi connectivity index (χ4n) is 0.442. The van der Waals surface area contributed by atoms with Crippen LogP contribution >= 0.6 is 0 Å². The Hall–Kier alpha value is -0.610. The van der Waals surface area contributed by atoms with E-state index in [2.05, 4.69) is 4.74 Å². The Morgan fingerprint density at radius 1 is 1.80 bits per heavy atom. The molecule has 3 N–H and O–H groups in total. The molecule has 0 fully saturated rings. The number of rotatable bonds is 3. The fourth-order valence-corrected chi connectivity index (χ4v) is 0.442. The van der Waals surface area contributed by atoms with Gasteiger partial charge in [0.15, 0.2) is 6.10 Å². The third-order valence-corrected chi connectivity index (χ3v) is 1.03. The van der Waals surface area contributed by atoms with Gasteiger partial charge in [0.1, 0.15) is 0 Å². The van der Waals surface area contributed by atoms with Gasteiger partial charge in [-0.2, -0.15) is 0 Å². The Labute approximate surface area is 60.0 Å². The Bertz CT molecular complexity index is 114. The molecule has 0 rings (SSSR count). The SMILES string of the molecule is CCOC(=O)[C@@H](O)[C@H](C)N. The van der Waals surface area contributed by atoms with Gasteiger partial charge in [-0.15, -0.1) is 0 Å². The van der Waals surface area contributed by atoms with Gasteiger partial charge in [-0.1, -0.05) is 0 Å². The van der Waals surface area contributed by atoms with E-state index in [0.717, 1.165) is 0 Å². The minimum absolute atomic E-state index is 0.266. The largest absolute Gasteiger partial charge is 0.464 e. The number of carbonyl (C=O) groups excluding carboxylic acids is 1. The summed E-state index contributed by atoms with van der Waals surface area (Å²) in [5.74, 6) is -0.655. The number of carbonyl (C=O) groups is 1. The molecule has 0 radical (unpaired) electrons. The summed E-state index contributed by atoms with van der Waals surface area (Å²) in [4.78, 5) is 10.6. The van der Waals surface area contributed by atoms with Crippen LogP contribution in [0.4, 0.5) is 0 Å². The summed E-state index contributed by atoms with van der Waals surface area (Å²) in [6.07, 6.45) is -1.19. The molecule has 0 unspecified atom stereocenters. The van der Waals surface area contributed by atoms with Gasteiger partial charge >= 0.3 is 5.97 Å². The Morgan fingerprint density at radius 2 is 2.30 bits per heavy atom. The summed E-state index contributed by atoms with van der Waals surface area (Å²) in [5, 5.41) is 8.93. The molecule has 0 aliphatic carbocycles. The smallest absolute Gasteiger partial charge is 0.336 e. The zero-order chi connectivity index (χ0) is 8.15. The number of aliphatic hydroxyl groups excluding tert-OH is 1. The highest BCUT2D eigenvalue weighted by Gasteiger charge is 2.19. The molecule has 0 bridgehead atoms. The number of esters is 1. The first-order valence-electron chi connectivity index (χ1n) is 3.19. The van der Waals surface area contributed by atoms with E-state index in [-0.39, 0.29) is 6.61 Å². The summed E-state index contributed by atoms with van der Waals surface area (Å²) in [6.45, 7) is 3.48. The average molecular weight is 147 g/mol. The zero-order valence-corrected chi connectivity index (χ0v) is 6.20. The minimum Gasteiger partial charge on any atom is -0.464 e. The Kier molecular flexibility index (Phi) is 3.99. The molecular formula is C6H13NO3. The lowest BCUT2D eigenvalue weighted by atomic mass is 10.2. The van der Waals surface area contributed by atoms with Gasteiger partial charge < -0.3 is 15.6 Å². The molecular weight excluding hydrogens is 134 g/mol. The molecule has 0 aromatic rings. The lowest BCUT2D eigenvalue weighted by Crippen LogP contribution is -2.39. The monoisotopic (exact) mass is 147 g/mol. The van der Waals surface area contributed by atoms with Crippen molar-refractivity contribution in [2.24, 2.45) is 5.73 Å². The highest BCUT2D eigenvalue weighted by Crippen LogP contribution is 1.92. The highest BCUT2D eigenvalue weighted by molar-refractivity contribution is 5.75. The molecule has 0 aliphatic heterocycles. The number of aliphatic hydroxyl groups is 1. The van der Waals surface area contributed by atoms with Crippen LogP contribution in [0.1, 0.15) is 13.8 Å². The van der Waals surface area contributed by atoms with Crippen LogP contribution in [-0.4, -0.2) is 29.8 Å². The first-order valence-corrected chi connectivity index (χ1v) is 3.19. The van der Waals surface area contributed by atoms with E-state index >= 15 is 0 Å². The van der Waals surface area contributed by atoms with E-state index < -0.39 is 18.1 Å². The van der Waals surface area contributed by atoms with Crippen molar-refractivity contribution in [2.75, 3.05) is 6.61 Å². The molecule has 2 atom stereocenters. The number of hydrogen-bond acceptors (Lipinski definition) is 4. The molecule has 10 heavy (non-hydrogen) atoms. The number of hydrogen-bond donors (Lipinski definition) is 2. The first kappa shape index (κ1) is 9.39. The minimum atomic E-state index is -1.19. The summed E-state index contributed by atoms with van der Waals surface area (Å²) >= 11 is 0. The van der Waals surface area contributed by atoms with E-state index in [0.29, 0.717) is 0 Å². The number of nitrogens with two attached hydrogens (primary N) is 1. The molecule has 4 nitrogen and oxygen atoms in total. The van der Waals surface area contributed by atoms with Crippen molar-refractivity contribution < 1.29 is 14.6 Å². The molecule has 0 aliphatic rings. The van der Waals surface area contributed by atoms with Gasteiger partial charge in [0.25, 0.3) is 0 Å². The third-order valence-electron chi connectivity index (χ3n) is 1.03. The molecule has 4 heteroatoms. The number of ether oxygens (including phenoxy) is 1. The molecule has 0 heterocycles. The Morgan fingerprint density at radius 3 is 2.60 bits per heavy atom. The highest BCUT2D eigenvalue weighted by atomic mass is 16.5. The van der Waals surface area contributed by atoms with Crippen LogP contribution in [0.2, 0.25) is 0 Å². The van der Waals surface area contributed by atoms with Crippen molar-refractivity contribution in [3.05, 3.63) is 0 Å². The van der Waals surface area contributed by atoms with E-state index in [1.54, 1.807) is 13.8 Å². The lowest BCUT2D eigenvalue weighted by molar-refractivity contribution is -0.153. The van der Waals surface area contributed by atoms with Crippen LogP contribution in [0.5, 0.6) is 0 Å². The van der Waals surface area contributed by atoms with Crippen LogP contribution in [0, 0.1) is 0 Å². The van der Waals surface area contributed by atoms with Crippen molar-refractivity contribution in [3.8, 4) is 0 Å². The van der Waals surface area contributed by atoms with Crippen LogP contribution in [0.25, 0.3) is 0 Å². The van der Waals surface area contributed by atoms with Crippen LogP contribution in [-0.2, 0) is 9.53 Å². The van der Waals surface area contributed by atoms with E-state index in [4.69, 9.17) is 10.8 Å². The molecule has 0 amide bonds. The summed E-state index contributed by atoms with van der Waals surface area (Å²) < 4.78 is 4.50. The van der Waals surface area contributed by atoms with Crippen LogP contribution < -0.4 is 5.73 Å². The maximum absolute atomic E-state index is 10.6. The van der Waals surface area contributed by atoms with Crippen LogP contribution in [0.3, 0.4) is 0 Å². The van der Waals surface area contributed by atoms with Crippen LogP contribution in [0.15, 0.2) is 0 Å². The van der Waals surface area contributed by atoms with E-state index in [9.17, 15) is 4.79 Å². The Balaban J connectivity index is 3.71. The molecule has 0 aromatic heterocycles. The van der Waals surface area contributed by atoms with Gasteiger partial charge in [-0.05, 0) is 13.8 Å². The summed E-state index contributed by atoms with van der Waals surface area (Å²) in [7, 11) is 0. The molecule has 60 valence electrons. The fraction of sp³-hybridized carbons (Fsp3) is 0.833. The van der Waals surface area contributed by atoms with E-state index in [1.165, 1.54) is 0 Å². The predicted octanol–water partition coefficient (Wildman–Crippen LogP) is -0.742. The van der Waals surface area contributed by atoms with Gasteiger partial charge in [0.05, 0.1) is 6.61 Å². The molecule has 0 saturated heterocycles. The van der Waals surface area contributed by atoms with Gasteiger partial charge in [0, 0.05) is 6.04 Å². The second kappa shape index (κ2) is 4.24. The lowest BCUT2D eigenvalue weighted by Gasteiger charge is -2.11. The van der Waals surface area contributed by atoms with Crippen molar-refractivity contribution in [3.63, 3.8) is 0 Å². The van der Waals surface area contributed by atoms with Gasteiger partial charge in [-0.3, -0.25) is 0 Å². The standard InChI is InChI=1S/C6H13NO3/c1-3-10-6(9)5(8)4(2)7/h4-5,8H,3,7H2,1-2H3/t4-,5-/m0/s1. The molecule has 0 spiro atoms. The predicted molar refractivity (Wildman–Crippen MR) is 36.3 cm³/mol. The maximum atomic E-state index is 10.6. The second-order valence-corrected chi connectivity index (χ2v) is 2.06. The van der Waals surface area contributed by atoms with Crippen molar-refractivity contribution in [1.29, 1.82) is 0 Å². The normalized spacial score (nSPS) is 16.0. The molecule has 0 aromatic carbocycles. The van der Waals surface area contributed by atoms with Crippen molar-refractivity contribution >= 4 is 5.97 Å². The van der Waals surface area contributed by atoms with Crippen molar-refractivity contribution in [2.45, 2.75) is 26.0 Å². The quantitative estimate of drug-likeness (QED) is 0.515. The van der Waals surface area contributed by atoms with Crippen molar-refractivity contribution in [1.82, 2.24) is 0 Å². The summed E-state index contributed by atoms with van der Waals surface area (Å²) in [5.41, 5.74) is 5.22. The topological polar surface area (TPSA) is 72.5 Å². The third kappa shape index (κ3) is 2.80. The molecule has 0 saturated carbocycles. The van der Waals surface area contributed by atoms with E-state index in [1.807, 2.05) is 0 Å². The zero-order valence-electron chi connectivity index (χ0n) is 6.20. The maximum Gasteiger partial charge on any atom is 0.336 e. The second-order valence-electron chi connectivity index (χ2n) is 2.06. The summed E-state index contributed by atoms with van der Waals surface area (Å²) in [6, 6.07) is -0.570.